The van der Waals surface area contributed by atoms with E-state index in [1.165, 1.54) is 28.5 Å². The van der Waals surface area contributed by atoms with Crippen molar-refractivity contribution < 1.29 is 4.79 Å². The molecule has 0 spiro atoms. The van der Waals surface area contributed by atoms with Crippen molar-refractivity contribution in [3.63, 3.8) is 0 Å². The summed E-state index contributed by atoms with van der Waals surface area (Å²) in [5.74, 6) is -0.0462. The summed E-state index contributed by atoms with van der Waals surface area (Å²) in [6.45, 7) is 3.42. The van der Waals surface area contributed by atoms with E-state index < -0.39 is 0 Å². The van der Waals surface area contributed by atoms with Crippen LogP contribution in [0, 0.1) is 0 Å². The molecule has 0 saturated carbocycles. The molecule has 0 unspecified atom stereocenters. The van der Waals surface area contributed by atoms with Crippen molar-refractivity contribution in [1.82, 2.24) is 9.47 Å². The van der Waals surface area contributed by atoms with Crippen LogP contribution in [-0.4, -0.2) is 28.5 Å². The van der Waals surface area contributed by atoms with E-state index in [0.717, 1.165) is 6.42 Å². The third-order valence-corrected chi connectivity index (χ3v) is 3.00. The zero-order valence-electron chi connectivity index (χ0n) is 10.4. The van der Waals surface area contributed by atoms with Crippen LogP contribution < -0.4 is 11.3 Å². The molecule has 0 radical (unpaired) electrons. The first-order chi connectivity index (χ1) is 8.56. The summed E-state index contributed by atoms with van der Waals surface area (Å²) in [6, 6.07) is 2.92. The van der Waals surface area contributed by atoms with E-state index in [2.05, 4.69) is 6.08 Å². The van der Waals surface area contributed by atoms with Crippen LogP contribution >= 0.6 is 0 Å². The molecule has 2 N–H and O–H groups in total. The van der Waals surface area contributed by atoms with Gasteiger partial charge in [-0.3, -0.25) is 9.59 Å². The van der Waals surface area contributed by atoms with Gasteiger partial charge in [-0.15, -0.1) is 0 Å². The Morgan fingerprint density at radius 3 is 2.94 bits per heavy atom. The lowest BCUT2D eigenvalue weighted by Gasteiger charge is -2.26. The van der Waals surface area contributed by atoms with Crippen LogP contribution in [0.1, 0.15) is 13.3 Å². The number of aromatic nitrogens is 1. The van der Waals surface area contributed by atoms with Crippen LogP contribution in [-0.2, 0) is 11.3 Å². The number of pyridine rings is 1. The molecule has 1 aliphatic heterocycles. The minimum atomic E-state index is -0.207. The molecule has 2 heterocycles. The number of amides is 1. The highest BCUT2D eigenvalue weighted by atomic mass is 16.2. The molecule has 5 heteroatoms. The first-order valence-corrected chi connectivity index (χ1v) is 5.95. The Bertz CT molecular complexity index is 545. The number of nitrogens with zero attached hydrogens (tertiary/aromatic N) is 2. The number of carbonyl (C=O) groups is 1. The Morgan fingerprint density at radius 1 is 1.44 bits per heavy atom. The van der Waals surface area contributed by atoms with Gasteiger partial charge in [0.25, 0.3) is 5.56 Å². The lowest BCUT2D eigenvalue weighted by molar-refractivity contribution is -0.131. The molecule has 0 atom stereocenters. The minimum Gasteiger partial charge on any atom is -0.398 e. The Balaban J connectivity index is 2.10. The van der Waals surface area contributed by atoms with Crippen molar-refractivity contribution in [3.05, 3.63) is 40.3 Å². The maximum absolute atomic E-state index is 12.1. The molecule has 5 nitrogen and oxygen atoms in total. The second-order valence-electron chi connectivity index (χ2n) is 4.58. The summed E-state index contributed by atoms with van der Waals surface area (Å²) in [5, 5.41) is 0. The van der Waals surface area contributed by atoms with E-state index in [-0.39, 0.29) is 18.0 Å². The Morgan fingerprint density at radius 2 is 2.22 bits per heavy atom. The van der Waals surface area contributed by atoms with Gasteiger partial charge in [-0.1, -0.05) is 11.6 Å². The van der Waals surface area contributed by atoms with Gasteiger partial charge in [-0.2, -0.15) is 0 Å². The molecule has 0 aliphatic carbocycles. The van der Waals surface area contributed by atoms with Gasteiger partial charge in [0.2, 0.25) is 5.91 Å². The van der Waals surface area contributed by atoms with Crippen molar-refractivity contribution in [2.75, 3.05) is 18.8 Å². The summed E-state index contributed by atoms with van der Waals surface area (Å²) >= 11 is 0. The van der Waals surface area contributed by atoms with E-state index in [4.69, 9.17) is 5.73 Å². The molecule has 0 aromatic carbocycles. The first-order valence-electron chi connectivity index (χ1n) is 5.95. The van der Waals surface area contributed by atoms with Gasteiger partial charge in [-0.25, -0.2) is 0 Å². The molecular weight excluding hydrogens is 230 g/mol. The van der Waals surface area contributed by atoms with Crippen molar-refractivity contribution in [2.24, 2.45) is 0 Å². The standard InChI is InChI=1S/C13H17N3O2/c1-10-3-2-6-15(7-10)13(18)9-16-8-11(14)4-5-12(16)17/h3-5,8H,2,6-7,9,14H2,1H3. The fraction of sp³-hybridized carbons (Fsp3) is 0.385. The molecule has 2 rings (SSSR count). The van der Waals surface area contributed by atoms with Gasteiger partial charge < -0.3 is 15.2 Å². The number of hydrogen-bond acceptors (Lipinski definition) is 3. The van der Waals surface area contributed by atoms with Crippen LogP contribution in [0.15, 0.2) is 34.8 Å². The van der Waals surface area contributed by atoms with Crippen LogP contribution in [0.4, 0.5) is 5.69 Å². The number of nitrogen functional groups attached to an aromatic ring is 1. The lowest BCUT2D eigenvalue weighted by atomic mass is 10.1. The highest BCUT2D eigenvalue weighted by Crippen LogP contribution is 2.09. The maximum atomic E-state index is 12.1. The van der Waals surface area contributed by atoms with Crippen molar-refractivity contribution in [1.29, 1.82) is 0 Å². The molecule has 1 aromatic heterocycles. The van der Waals surface area contributed by atoms with Crippen molar-refractivity contribution >= 4 is 11.6 Å². The van der Waals surface area contributed by atoms with Crippen molar-refractivity contribution in [3.8, 4) is 0 Å². The van der Waals surface area contributed by atoms with Gasteiger partial charge >= 0.3 is 0 Å². The van der Waals surface area contributed by atoms with Gasteiger partial charge in [0.05, 0.1) is 0 Å². The SMILES string of the molecule is CC1=CCCN(C(=O)Cn2cc(N)ccc2=O)C1. The molecule has 0 fully saturated rings. The summed E-state index contributed by atoms with van der Waals surface area (Å²) in [6.07, 6.45) is 4.52. The zero-order chi connectivity index (χ0) is 13.1. The van der Waals surface area contributed by atoms with Gasteiger partial charge in [0.15, 0.2) is 0 Å². The molecular formula is C13H17N3O2. The highest BCUT2D eigenvalue weighted by molar-refractivity contribution is 5.76. The highest BCUT2D eigenvalue weighted by Gasteiger charge is 2.16. The molecule has 0 saturated heterocycles. The minimum absolute atomic E-state index is 0.0462. The second-order valence-corrected chi connectivity index (χ2v) is 4.58. The quantitative estimate of drug-likeness (QED) is 0.778. The van der Waals surface area contributed by atoms with Crippen molar-refractivity contribution in [2.45, 2.75) is 19.9 Å². The molecule has 96 valence electrons. The van der Waals surface area contributed by atoms with E-state index in [9.17, 15) is 9.59 Å². The Kier molecular flexibility index (Phi) is 3.50. The van der Waals surface area contributed by atoms with Gasteiger partial charge in [0, 0.05) is 31.0 Å². The number of anilines is 1. The molecule has 18 heavy (non-hydrogen) atoms. The third-order valence-electron chi connectivity index (χ3n) is 3.00. The van der Waals surface area contributed by atoms with Gasteiger partial charge in [0.1, 0.15) is 6.54 Å². The topological polar surface area (TPSA) is 68.3 Å². The van der Waals surface area contributed by atoms with E-state index in [1.54, 1.807) is 4.90 Å². The summed E-state index contributed by atoms with van der Waals surface area (Å²) in [5.41, 5.74) is 7.08. The second kappa shape index (κ2) is 5.08. The predicted molar refractivity (Wildman–Crippen MR) is 70.1 cm³/mol. The first kappa shape index (κ1) is 12.4. The van der Waals surface area contributed by atoms with E-state index in [1.807, 2.05) is 6.92 Å². The number of carbonyl (C=O) groups excluding carboxylic acids is 1. The smallest absolute Gasteiger partial charge is 0.251 e. The predicted octanol–water partition coefficient (Wildman–Crippen LogP) is 0.609. The number of hydrogen-bond donors (Lipinski definition) is 1. The molecule has 1 aromatic rings. The van der Waals surface area contributed by atoms with E-state index >= 15 is 0 Å². The van der Waals surface area contributed by atoms with Crippen LogP contribution in [0.5, 0.6) is 0 Å². The van der Waals surface area contributed by atoms with Crippen LogP contribution in [0.25, 0.3) is 0 Å². The molecule has 1 amide bonds. The summed E-state index contributed by atoms with van der Waals surface area (Å²) in [4.78, 5) is 25.4. The summed E-state index contributed by atoms with van der Waals surface area (Å²) < 4.78 is 1.35. The fourth-order valence-corrected chi connectivity index (χ4v) is 2.04. The Hall–Kier alpha value is -2.04. The normalized spacial score (nSPS) is 15.4. The largest absolute Gasteiger partial charge is 0.398 e. The van der Waals surface area contributed by atoms with Crippen LogP contribution in [0.2, 0.25) is 0 Å². The molecule has 1 aliphatic rings. The average Bonchev–Trinajstić information content (AvgIpc) is 2.34. The van der Waals surface area contributed by atoms with Gasteiger partial charge in [-0.05, 0) is 19.4 Å². The maximum Gasteiger partial charge on any atom is 0.251 e. The monoisotopic (exact) mass is 247 g/mol. The van der Waals surface area contributed by atoms with E-state index in [0.29, 0.717) is 18.8 Å². The summed E-state index contributed by atoms with van der Waals surface area (Å²) in [7, 11) is 0. The number of rotatable bonds is 2. The lowest BCUT2D eigenvalue weighted by Crippen LogP contribution is -2.39. The number of nitrogens with two attached hydrogens (primary N) is 1. The molecule has 0 bridgehead atoms. The van der Waals surface area contributed by atoms with Crippen LogP contribution in [0.3, 0.4) is 0 Å². The Labute approximate surface area is 106 Å². The average molecular weight is 247 g/mol. The third kappa shape index (κ3) is 2.80. The zero-order valence-corrected chi connectivity index (χ0v) is 10.4. The fourth-order valence-electron chi connectivity index (χ4n) is 2.04.